The van der Waals surface area contributed by atoms with Crippen LogP contribution in [0.2, 0.25) is 0 Å². The molecule has 5 nitrogen and oxygen atoms in total. The van der Waals surface area contributed by atoms with Gasteiger partial charge in [0.2, 0.25) is 0 Å². The Hall–Kier alpha value is -2.04. The Labute approximate surface area is 86.6 Å². The van der Waals surface area contributed by atoms with Crippen LogP contribution in [0.5, 0.6) is 0 Å². The number of aryl methyl sites for hydroxylation is 2. The summed E-state index contributed by atoms with van der Waals surface area (Å²) in [6.45, 7) is 0. The summed E-state index contributed by atoms with van der Waals surface area (Å²) in [5.74, 6) is -0.925. The van der Waals surface area contributed by atoms with Crippen LogP contribution in [0.4, 0.5) is 0 Å². The Kier molecular flexibility index (Phi) is 2.07. The molecule has 0 saturated heterocycles. The maximum absolute atomic E-state index is 10.8. The molecule has 0 aliphatic rings. The first-order chi connectivity index (χ1) is 7.09. The van der Waals surface area contributed by atoms with E-state index in [4.69, 9.17) is 5.11 Å². The average molecular weight is 205 g/mol. The number of carboxylic acids is 1. The minimum atomic E-state index is -0.925. The molecular formula is C10H11N3O2. The van der Waals surface area contributed by atoms with E-state index in [1.165, 1.54) is 0 Å². The monoisotopic (exact) mass is 205 g/mol. The van der Waals surface area contributed by atoms with Gasteiger partial charge in [0, 0.05) is 32.1 Å². The van der Waals surface area contributed by atoms with E-state index in [2.05, 4.69) is 5.10 Å². The molecule has 0 amide bonds. The first-order valence-corrected chi connectivity index (χ1v) is 4.47. The van der Waals surface area contributed by atoms with Gasteiger partial charge in [-0.3, -0.25) is 4.68 Å². The average Bonchev–Trinajstić information content (AvgIpc) is 2.71. The minimum Gasteiger partial charge on any atom is -0.477 e. The topological polar surface area (TPSA) is 60.0 Å². The third-order valence-electron chi connectivity index (χ3n) is 2.34. The summed E-state index contributed by atoms with van der Waals surface area (Å²) in [5.41, 5.74) is 2.03. The van der Waals surface area contributed by atoms with Gasteiger partial charge in [-0.1, -0.05) is 0 Å². The van der Waals surface area contributed by atoms with Gasteiger partial charge in [0.05, 0.1) is 5.69 Å². The van der Waals surface area contributed by atoms with Crippen LogP contribution in [0.25, 0.3) is 11.3 Å². The van der Waals surface area contributed by atoms with Crippen molar-refractivity contribution in [1.29, 1.82) is 0 Å². The molecule has 0 saturated carbocycles. The number of hydrogen-bond donors (Lipinski definition) is 1. The molecule has 2 rings (SSSR count). The van der Waals surface area contributed by atoms with Gasteiger partial charge >= 0.3 is 5.97 Å². The summed E-state index contributed by atoms with van der Waals surface area (Å²) < 4.78 is 3.30. The Morgan fingerprint density at radius 1 is 1.47 bits per heavy atom. The molecule has 0 atom stereocenters. The zero-order valence-corrected chi connectivity index (χ0v) is 8.51. The van der Waals surface area contributed by atoms with E-state index >= 15 is 0 Å². The number of rotatable bonds is 2. The third-order valence-corrected chi connectivity index (χ3v) is 2.34. The summed E-state index contributed by atoms with van der Waals surface area (Å²) in [6.07, 6.45) is 3.46. The second kappa shape index (κ2) is 3.27. The van der Waals surface area contributed by atoms with Crippen LogP contribution < -0.4 is 0 Å². The predicted molar refractivity (Wildman–Crippen MR) is 54.6 cm³/mol. The fourth-order valence-corrected chi connectivity index (χ4v) is 1.57. The molecule has 2 heterocycles. The second-order valence-corrected chi connectivity index (χ2v) is 3.37. The fourth-order valence-electron chi connectivity index (χ4n) is 1.57. The zero-order valence-electron chi connectivity index (χ0n) is 8.51. The molecule has 5 heteroatoms. The highest BCUT2D eigenvalue weighted by atomic mass is 16.4. The van der Waals surface area contributed by atoms with Crippen molar-refractivity contribution < 1.29 is 9.90 Å². The van der Waals surface area contributed by atoms with E-state index in [0.29, 0.717) is 0 Å². The lowest BCUT2D eigenvalue weighted by molar-refractivity contribution is 0.0686. The lowest BCUT2D eigenvalue weighted by Gasteiger charge is -1.96. The van der Waals surface area contributed by atoms with Crippen molar-refractivity contribution in [2.45, 2.75) is 0 Å². The van der Waals surface area contributed by atoms with E-state index in [-0.39, 0.29) is 5.69 Å². The first-order valence-electron chi connectivity index (χ1n) is 4.47. The second-order valence-electron chi connectivity index (χ2n) is 3.37. The van der Waals surface area contributed by atoms with Crippen molar-refractivity contribution in [3.8, 4) is 11.3 Å². The highest BCUT2D eigenvalue weighted by Gasteiger charge is 2.12. The third kappa shape index (κ3) is 1.52. The minimum absolute atomic E-state index is 0.270. The van der Waals surface area contributed by atoms with Crippen LogP contribution in [0.15, 0.2) is 24.5 Å². The van der Waals surface area contributed by atoms with E-state index in [9.17, 15) is 4.79 Å². The quantitative estimate of drug-likeness (QED) is 0.799. The normalized spacial score (nSPS) is 10.5. The van der Waals surface area contributed by atoms with E-state index < -0.39 is 5.97 Å². The van der Waals surface area contributed by atoms with Crippen LogP contribution in [-0.2, 0) is 14.1 Å². The van der Waals surface area contributed by atoms with Crippen molar-refractivity contribution in [2.24, 2.45) is 14.1 Å². The Morgan fingerprint density at radius 2 is 2.20 bits per heavy atom. The SMILES string of the molecule is Cn1cc(-c2ccnn2C)cc1C(=O)O. The van der Waals surface area contributed by atoms with E-state index in [1.54, 1.807) is 34.8 Å². The molecule has 78 valence electrons. The maximum Gasteiger partial charge on any atom is 0.352 e. The largest absolute Gasteiger partial charge is 0.477 e. The first kappa shape index (κ1) is 9.51. The molecule has 0 aliphatic carbocycles. The van der Waals surface area contributed by atoms with Crippen LogP contribution in [0, 0.1) is 0 Å². The molecule has 1 N–H and O–H groups in total. The lowest BCUT2D eigenvalue weighted by atomic mass is 10.2. The molecule has 2 aromatic heterocycles. The number of carboxylic acid groups (broad SMARTS) is 1. The molecule has 0 unspecified atom stereocenters. The Morgan fingerprint density at radius 3 is 2.67 bits per heavy atom. The van der Waals surface area contributed by atoms with Crippen molar-refractivity contribution in [1.82, 2.24) is 14.3 Å². The van der Waals surface area contributed by atoms with Gasteiger partial charge in [0.25, 0.3) is 0 Å². The molecule has 0 aromatic carbocycles. The molecule has 0 bridgehead atoms. The van der Waals surface area contributed by atoms with Crippen molar-refractivity contribution in [3.63, 3.8) is 0 Å². The van der Waals surface area contributed by atoms with Gasteiger partial charge < -0.3 is 9.67 Å². The fraction of sp³-hybridized carbons (Fsp3) is 0.200. The van der Waals surface area contributed by atoms with Crippen LogP contribution in [-0.4, -0.2) is 25.4 Å². The summed E-state index contributed by atoms with van der Waals surface area (Å²) in [6, 6.07) is 3.49. The van der Waals surface area contributed by atoms with Crippen LogP contribution in [0.3, 0.4) is 0 Å². The van der Waals surface area contributed by atoms with Crippen molar-refractivity contribution in [2.75, 3.05) is 0 Å². The van der Waals surface area contributed by atoms with Crippen molar-refractivity contribution in [3.05, 3.63) is 30.2 Å². The smallest absolute Gasteiger partial charge is 0.352 e. The number of carbonyl (C=O) groups is 1. The molecule has 0 spiro atoms. The molecule has 2 aromatic rings. The van der Waals surface area contributed by atoms with Crippen molar-refractivity contribution >= 4 is 5.97 Å². The number of hydrogen-bond acceptors (Lipinski definition) is 2. The Balaban J connectivity index is 2.52. The van der Waals surface area contributed by atoms with Gasteiger partial charge in [0.1, 0.15) is 5.69 Å². The zero-order chi connectivity index (χ0) is 11.0. The molecular weight excluding hydrogens is 194 g/mol. The highest BCUT2D eigenvalue weighted by Crippen LogP contribution is 2.20. The maximum atomic E-state index is 10.8. The summed E-state index contributed by atoms with van der Waals surface area (Å²) >= 11 is 0. The molecule has 0 radical (unpaired) electrons. The van der Waals surface area contributed by atoms with Crippen LogP contribution >= 0.6 is 0 Å². The summed E-state index contributed by atoms with van der Waals surface area (Å²) in [7, 11) is 3.53. The molecule has 15 heavy (non-hydrogen) atoms. The summed E-state index contributed by atoms with van der Waals surface area (Å²) in [4.78, 5) is 10.8. The standard InChI is InChI=1S/C10H11N3O2/c1-12-6-7(5-9(12)10(14)15)8-3-4-11-13(8)2/h3-6H,1-2H3,(H,14,15). The number of aromatic carboxylic acids is 1. The predicted octanol–water partition coefficient (Wildman–Crippen LogP) is 1.12. The molecule has 0 fully saturated rings. The van der Waals surface area contributed by atoms with Gasteiger partial charge in [-0.15, -0.1) is 0 Å². The molecule has 0 aliphatic heterocycles. The van der Waals surface area contributed by atoms with Gasteiger partial charge in [-0.05, 0) is 12.1 Å². The van der Waals surface area contributed by atoms with E-state index in [1.807, 2.05) is 13.1 Å². The van der Waals surface area contributed by atoms with E-state index in [0.717, 1.165) is 11.3 Å². The Bertz CT molecular complexity index is 510. The van der Waals surface area contributed by atoms with Gasteiger partial charge in [-0.2, -0.15) is 5.10 Å². The highest BCUT2D eigenvalue weighted by molar-refractivity contribution is 5.87. The van der Waals surface area contributed by atoms with Gasteiger partial charge in [0.15, 0.2) is 0 Å². The number of nitrogens with zero attached hydrogens (tertiary/aromatic N) is 3. The summed E-state index contributed by atoms with van der Waals surface area (Å²) in [5, 5.41) is 12.9. The number of aromatic nitrogens is 3. The van der Waals surface area contributed by atoms with Gasteiger partial charge in [-0.25, -0.2) is 4.79 Å². The lowest BCUT2D eigenvalue weighted by Crippen LogP contribution is -2.02. The van der Waals surface area contributed by atoms with Crippen LogP contribution in [0.1, 0.15) is 10.5 Å².